The van der Waals surface area contributed by atoms with Gasteiger partial charge in [0, 0.05) is 12.1 Å². The molecule has 0 saturated heterocycles. The number of hydrogen-bond donors (Lipinski definition) is 2. The highest BCUT2D eigenvalue weighted by Gasteiger charge is 2.21. The highest BCUT2D eigenvalue weighted by atomic mass is 35.5. The number of aryl methyl sites for hydroxylation is 2. The van der Waals surface area contributed by atoms with Gasteiger partial charge in [-0.1, -0.05) is 18.2 Å². The van der Waals surface area contributed by atoms with Gasteiger partial charge >= 0.3 is 0 Å². The van der Waals surface area contributed by atoms with Crippen molar-refractivity contribution in [3.05, 3.63) is 58.6 Å². The van der Waals surface area contributed by atoms with Crippen LogP contribution in [0.5, 0.6) is 0 Å². The van der Waals surface area contributed by atoms with E-state index in [1.165, 1.54) is 15.8 Å². The number of benzene rings is 2. The quantitative estimate of drug-likeness (QED) is 0.536. The number of nitrogen functional groups attached to an aromatic ring is 1. The maximum Gasteiger partial charge on any atom is 0.220 e. The van der Waals surface area contributed by atoms with Crippen molar-refractivity contribution < 1.29 is 4.79 Å². The smallest absolute Gasteiger partial charge is 0.220 e. The van der Waals surface area contributed by atoms with Gasteiger partial charge < -0.3 is 11.1 Å². The van der Waals surface area contributed by atoms with Crippen molar-refractivity contribution in [3.8, 4) is 0 Å². The molecule has 0 bridgehead atoms. The van der Waals surface area contributed by atoms with Gasteiger partial charge in [0.2, 0.25) is 5.91 Å². The lowest BCUT2D eigenvalue weighted by atomic mass is 9.87. The van der Waals surface area contributed by atoms with Gasteiger partial charge in [-0.25, -0.2) is 4.98 Å². The molecule has 1 unspecified atom stereocenters. The SMILES string of the molecule is Cl.Cl.Nc1ccc2c(c1)CCCC2NC(=O)CCCc1nc2ccccc2s1. The van der Waals surface area contributed by atoms with Crippen molar-refractivity contribution in [2.75, 3.05) is 5.73 Å². The number of aromatic nitrogens is 1. The summed E-state index contributed by atoms with van der Waals surface area (Å²) in [6.45, 7) is 0. The number of fused-ring (bicyclic) bond motifs is 2. The third-order valence-corrected chi connectivity index (χ3v) is 6.05. The molecule has 4 rings (SSSR count). The Morgan fingerprint density at radius 3 is 2.86 bits per heavy atom. The van der Waals surface area contributed by atoms with Crippen molar-refractivity contribution in [3.63, 3.8) is 0 Å². The zero-order valence-corrected chi connectivity index (χ0v) is 18.0. The highest BCUT2D eigenvalue weighted by molar-refractivity contribution is 7.18. The molecule has 1 atom stereocenters. The fourth-order valence-electron chi connectivity index (χ4n) is 3.68. The minimum Gasteiger partial charge on any atom is -0.399 e. The van der Waals surface area contributed by atoms with E-state index in [4.69, 9.17) is 5.73 Å². The molecule has 1 amide bonds. The maximum atomic E-state index is 12.4. The maximum absolute atomic E-state index is 12.4. The third-order valence-electron chi connectivity index (χ3n) is 4.95. The Kier molecular flexibility index (Phi) is 8.10. The van der Waals surface area contributed by atoms with Crippen molar-refractivity contribution in [2.24, 2.45) is 0 Å². The van der Waals surface area contributed by atoms with E-state index in [2.05, 4.69) is 22.4 Å². The second-order valence-corrected chi connectivity index (χ2v) is 8.01. The lowest BCUT2D eigenvalue weighted by Crippen LogP contribution is -2.30. The first-order chi connectivity index (χ1) is 12.7. The number of carbonyl (C=O) groups is 1. The number of anilines is 1. The van der Waals surface area contributed by atoms with Crippen LogP contribution in [0.1, 0.15) is 47.9 Å². The molecule has 1 heterocycles. The number of nitrogens with two attached hydrogens (primary N) is 1. The zero-order chi connectivity index (χ0) is 17.9. The Balaban J connectivity index is 0.00000140. The van der Waals surface area contributed by atoms with E-state index in [0.717, 1.165) is 48.3 Å². The Morgan fingerprint density at radius 1 is 1.21 bits per heavy atom. The first-order valence-corrected chi connectivity index (χ1v) is 10.0. The van der Waals surface area contributed by atoms with E-state index in [-0.39, 0.29) is 36.8 Å². The molecule has 0 aliphatic heterocycles. The molecule has 3 aromatic rings. The number of amides is 1. The van der Waals surface area contributed by atoms with Gasteiger partial charge in [0.05, 0.1) is 21.3 Å². The fourth-order valence-corrected chi connectivity index (χ4v) is 4.69. The standard InChI is InChI=1S/C21H23N3OS.2ClH/c22-15-11-12-16-14(13-15)5-3-7-17(16)23-20(25)9-4-10-21-24-18-6-1-2-8-19(18)26-21;;/h1-2,6,8,11-13,17H,3-5,7,9-10,22H2,(H,23,25);2*1H. The summed E-state index contributed by atoms with van der Waals surface area (Å²) in [6, 6.07) is 14.3. The number of nitrogens with zero attached hydrogens (tertiary/aromatic N) is 1. The van der Waals surface area contributed by atoms with Gasteiger partial charge in [0.25, 0.3) is 0 Å². The highest BCUT2D eigenvalue weighted by Crippen LogP contribution is 2.31. The predicted molar refractivity (Wildman–Crippen MR) is 122 cm³/mol. The molecule has 1 aliphatic rings. The van der Waals surface area contributed by atoms with Crippen LogP contribution in [0.15, 0.2) is 42.5 Å². The molecule has 2 aromatic carbocycles. The van der Waals surface area contributed by atoms with E-state index in [1.54, 1.807) is 11.3 Å². The molecule has 1 aliphatic carbocycles. The van der Waals surface area contributed by atoms with Crippen LogP contribution < -0.4 is 11.1 Å². The van der Waals surface area contributed by atoms with Gasteiger partial charge in [0.1, 0.15) is 0 Å². The number of rotatable bonds is 5. The molecule has 1 aromatic heterocycles. The molecule has 7 heteroatoms. The first kappa shape index (κ1) is 22.5. The van der Waals surface area contributed by atoms with Crippen LogP contribution in [-0.4, -0.2) is 10.9 Å². The average Bonchev–Trinajstić information content (AvgIpc) is 3.04. The Hall–Kier alpha value is -1.82. The summed E-state index contributed by atoms with van der Waals surface area (Å²) in [5.41, 5.74) is 10.2. The van der Waals surface area contributed by atoms with Crippen molar-refractivity contribution in [1.82, 2.24) is 10.3 Å². The third kappa shape index (κ3) is 5.16. The van der Waals surface area contributed by atoms with Crippen LogP contribution in [0.3, 0.4) is 0 Å². The normalized spacial score (nSPS) is 15.2. The van der Waals surface area contributed by atoms with Crippen LogP contribution in [0.4, 0.5) is 5.69 Å². The average molecular weight is 438 g/mol. The molecule has 150 valence electrons. The summed E-state index contributed by atoms with van der Waals surface area (Å²) >= 11 is 1.72. The molecular formula is C21H25Cl2N3OS. The second-order valence-electron chi connectivity index (χ2n) is 6.90. The molecule has 0 fully saturated rings. The molecule has 3 N–H and O–H groups in total. The topological polar surface area (TPSA) is 68.0 Å². The number of thiazole rings is 1. The molecule has 0 saturated carbocycles. The molecule has 0 spiro atoms. The summed E-state index contributed by atoms with van der Waals surface area (Å²) in [5.74, 6) is 0.126. The van der Waals surface area contributed by atoms with Gasteiger partial charge in [0.15, 0.2) is 0 Å². The second kappa shape index (κ2) is 10.1. The van der Waals surface area contributed by atoms with E-state index in [1.807, 2.05) is 30.3 Å². The van der Waals surface area contributed by atoms with E-state index >= 15 is 0 Å². The number of hydrogen-bond acceptors (Lipinski definition) is 4. The summed E-state index contributed by atoms with van der Waals surface area (Å²) in [6.07, 6.45) is 5.35. The first-order valence-electron chi connectivity index (χ1n) is 9.21. The number of para-hydroxylation sites is 1. The van der Waals surface area contributed by atoms with Gasteiger partial charge in [-0.05, 0) is 67.5 Å². The van der Waals surface area contributed by atoms with E-state index < -0.39 is 0 Å². The van der Waals surface area contributed by atoms with Gasteiger partial charge in [-0.2, -0.15) is 0 Å². The van der Waals surface area contributed by atoms with Gasteiger partial charge in [-0.15, -0.1) is 36.2 Å². The number of carbonyl (C=O) groups excluding carboxylic acids is 1. The summed E-state index contributed by atoms with van der Waals surface area (Å²) in [7, 11) is 0. The van der Waals surface area contributed by atoms with E-state index in [0.29, 0.717) is 6.42 Å². The van der Waals surface area contributed by atoms with Crippen molar-refractivity contribution in [1.29, 1.82) is 0 Å². The van der Waals surface area contributed by atoms with Gasteiger partial charge in [-0.3, -0.25) is 4.79 Å². The Labute approximate surface area is 181 Å². The minimum atomic E-state index is 0. The van der Waals surface area contributed by atoms with Crippen LogP contribution >= 0.6 is 36.2 Å². The van der Waals surface area contributed by atoms with E-state index in [9.17, 15) is 4.79 Å². The Bertz CT molecular complexity index is 911. The Morgan fingerprint density at radius 2 is 2.04 bits per heavy atom. The summed E-state index contributed by atoms with van der Waals surface area (Å²) in [4.78, 5) is 17.0. The minimum absolute atomic E-state index is 0. The van der Waals surface area contributed by atoms with Crippen LogP contribution in [-0.2, 0) is 17.6 Å². The van der Waals surface area contributed by atoms with Crippen LogP contribution in [0.25, 0.3) is 10.2 Å². The number of nitrogens with one attached hydrogen (secondary N) is 1. The zero-order valence-electron chi connectivity index (χ0n) is 15.5. The van der Waals surface area contributed by atoms with Crippen LogP contribution in [0.2, 0.25) is 0 Å². The van der Waals surface area contributed by atoms with Crippen molar-refractivity contribution in [2.45, 2.75) is 44.6 Å². The predicted octanol–water partition coefficient (Wildman–Crippen LogP) is 5.24. The van der Waals surface area contributed by atoms with Crippen molar-refractivity contribution >= 4 is 58.0 Å². The monoisotopic (exact) mass is 437 g/mol. The fraction of sp³-hybridized carbons (Fsp3) is 0.333. The molecule has 4 nitrogen and oxygen atoms in total. The van der Waals surface area contributed by atoms with Crippen LogP contribution in [0, 0.1) is 0 Å². The lowest BCUT2D eigenvalue weighted by molar-refractivity contribution is -0.122. The molecular weight excluding hydrogens is 413 g/mol. The molecule has 0 radical (unpaired) electrons. The lowest BCUT2D eigenvalue weighted by Gasteiger charge is -2.26. The molecule has 28 heavy (non-hydrogen) atoms. The summed E-state index contributed by atoms with van der Waals surface area (Å²) in [5, 5.41) is 4.32. The largest absolute Gasteiger partial charge is 0.399 e. The summed E-state index contributed by atoms with van der Waals surface area (Å²) < 4.78 is 1.21. The number of halogens is 2.